The summed E-state index contributed by atoms with van der Waals surface area (Å²) in [6, 6.07) is 4.70. The first-order chi connectivity index (χ1) is 7.79. The second-order valence-corrected chi connectivity index (χ2v) is 6.14. The van der Waals surface area contributed by atoms with E-state index in [1.165, 1.54) is 30.6 Å². The summed E-state index contributed by atoms with van der Waals surface area (Å²) in [6.45, 7) is 1.96. The van der Waals surface area contributed by atoms with Crippen LogP contribution in [0, 0.1) is 0 Å². The highest BCUT2D eigenvalue weighted by molar-refractivity contribution is 7.16. The number of aliphatic hydroxyl groups is 1. The van der Waals surface area contributed by atoms with Gasteiger partial charge in [0.2, 0.25) is 0 Å². The number of thiophene rings is 1. The largest absolute Gasteiger partial charge is 0.395 e. The number of hydrogen-bond acceptors (Lipinski definition) is 3. The van der Waals surface area contributed by atoms with Crippen LogP contribution in [0.15, 0.2) is 12.1 Å². The summed E-state index contributed by atoms with van der Waals surface area (Å²) in [5.74, 6) is 0. The Kier molecular flexibility index (Phi) is 4.65. The monoisotopic (exact) mass is 259 g/mol. The molecule has 1 saturated carbocycles. The number of halogens is 1. The lowest BCUT2D eigenvalue weighted by molar-refractivity contribution is 0.146. The zero-order chi connectivity index (χ0) is 11.4. The van der Waals surface area contributed by atoms with Crippen LogP contribution in [0.4, 0.5) is 0 Å². The second kappa shape index (κ2) is 6.01. The second-order valence-electron chi connectivity index (χ2n) is 4.34. The van der Waals surface area contributed by atoms with Crippen molar-refractivity contribution in [2.24, 2.45) is 0 Å². The topological polar surface area (TPSA) is 23.5 Å². The van der Waals surface area contributed by atoms with E-state index >= 15 is 0 Å². The summed E-state index contributed by atoms with van der Waals surface area (Å²) in [7, 11) is 0. The van der Waals surface area contributed by atoms with Gasteiger partial charge in [0.25, 0.3) is 0 Å². The molecule has 2 nitrogen and oxygen atoms in total. The van der Waals surface area contributed by atoms with Gasteiger partial charge in [-0.15, -0.1) is 11.3 Å². The molecule has 16 heavy (non-hydrogen) atoms. The molecular weight excluding hydrogens is 242 g/mol. The van der Waals surface area contributed by atoms with Crippen LogP contribution in [-0.2, 0) is 6.54 Å². The van der Waals surface area contributed by atoms with Crippen molar-refractivity contribution < 1.29 is 5.11 Å². The molecule has 0 bridgehead atoms. The fraction of sp³-hybridized carbons (Fsp3) is 0.667. The van der Waals surface area contributed by atoms with Crippen LogP contribution in [0.3, 0.4) is 0 Å². The van der Waals surface area contributed by atoms with Gasteiger partial charge in [-0.3, -0.25) is 4.90 Å². The molecule has 0 radical (unpaired) electrons. The van der Waals surface area contributed by atoms with E-state index in [0.717, 1.165) is 17.4 Å². The normalized spacial score (nSPS) is 17.4. The van der Waals surface area contributed by atoms with E-state index < -0.39 is 0 Å². The first-order valence-corrected chi connectivity index (χ1v) is 7.08. The van der Waals surface area contributed by atoms with Crippen molar-refractivity contribution in [3.05, 3.63) is 21.3 Å². The first kappa shape index (κ1) is 12.4. The number of hydrogen-bond donors (Lipinski definition) is 1. The van der Waals surface area contributed by atoms with Crippen LogP contribution < -0.4 is 0 Å². The van der Waals surface area contributed by atoms with E-state index in [1.54, 1.807) is 11.3 Å². The fourth-order valence-corrected chi connectivity index (χ4v) is 3.54. The third-order valence-corrected chi connectivity index (χ3v) is 4.43. The summed E-state index contributed by atoms with van der Waals surface area (Å²) in [6.07, 6.45) is 5.22. The average molecular weight is 260 g/mol. The van der Waals surface area contributed by atoms with Crippen LogP contribution in [0.2, 0.25) is 4.34 Å². The quantitative estimate of drug-likeness (QED) is 0.878. The molecule has 1 aromatic rings. The van der Waals surface area contributed by atoms with Crippen LogP contribution in [0.25, 0.3) is 0 Å². The molecular formula is C12H18ClNOS. The molecule has 1 aromatic heterocycles. The molecule has 1 aliphatic rings. The number of aliphatic hydroxyl groups excluding tert-OH is 1. The molecule has 2 rings (SSSR count). The van der Waals surface area contributed by atoms with Gasteiger partial charge in [0.05, 0.1) is 10.9 Å². The lowest BCUT2D eigenvalue weighted by Crippen LogP contribution is -2.34. The molecule has 1 N–H and O–H groups in total. The molecule has 0 atom stereocenters. The Hall–Kier alpha value is -0.0900. The lowest BCUT2D eigenvalue weighted by atomic mass is 10.2. The molecule has 1 aliphatic carbocycles. The standard InChI is InChI=1S/C12H18ClNOS/c13-12-6-5-11(16-12)9-14(7-8-15)10-3-1-2-4-10/h5-6,10,15H,1-4,7-9H2. The minimum Gasteiger partial charge on any atom is -0.395 e. The van der Waals surface area contributed by atoms with Gasteiger partial charge in [-0.25, -0.2) is 0 Å². The van der Waals surface area contributed by atoms with Crippen LogP contribution in [-0.4, -0.2) is 29.2 Å². The van der Waals surface area contributed by atoms with Gasteiger partial charge < -0.3 is 5.11 Å². The van der Waals surface area contributed by atoms with Crippen molar-refractivity contribution in [1.82, 2.24) is 4.90 Å². The Labute approximate surface area is 106 Å². The van der Waals surface area contributed by atoms with Crippen molar-refractivity contribution in [3.8, 4) is 0 Å². The predicted octanol–water partition coefficient (Wildman–Crippen LogP) is 3.14. The SMILES string of the molecule is OCCN(Cc1ccc(Cl)s1)C1CCCC1. The van der Waals surface area contributed by atoms with Gasteiger partial charge >= 0.3 is 0 Å². The molecule has 0 aromatic carbocycles. The van der Waals surface area contributed by atoms with E-state index in [4.69, 9.17) is 16.7 Å². The summed E-state index contributed by atoms with van der Waals surface area (Å²) >= 11 is 7.57. The fourth-order valence-electron chi connectivity index (χ4n) is 2.43. The van der Waals surface area contributed by atoms with Gasteiger partial charge in [0, 0.05) is 24.0 Å². The van der Waals surface area contributed by atoms with Gasteiger partial charge in [-0.1, -0.05) is 24.4 Å². The first-order valence-electron chi connectivity index (χ1n) is 5.88. The van der Waals surface area contributed by atoms with Crippen molar-refractivity contribution in [3.63, 3.8) is 0 Å². The Bertz CT molecular complexity index is 323. The summed E-state index contributed by atoms with van der Waals surface area (Å²) in [5.41, 5.74) is 0. The summed E-state index contributed by atoms with van der Waals surface area (Å²) < 4.78 is 0.852. The minimum absolute atomic E-state index is 0.246. The Morgan fingerprint density at radius 2 is 2.12 bits per heavy atom. The van der Waals surface area contributed by atoms with E-state index in [0.29, 0.717) is 6.04 Å². The van der Waals surface area contributed by atoms with Crippen LogP contribution >= 0.6 is 22.9 Å². The number of nitrogens with zero attached hydrogens (tertiary/aromatic N) is 1. The highest BCUT2D eigenvalue weighted by Crippen LogP contribution is 2.27. The van der Waals surface area contributed by atoms with Gasteiger partial charge in [-0.05, 0) is 25.0 Å². The van der Waals surface area contributed by atoms with Crippen LogP contribution in [0.5, 0.6) is 0 Å². The molecule has 1 heterocycles. The Morgan fingerprint density at radius 3 is 2.69 bits per heavy atom. The maximum absolute atomic E-state index is 9.12. The van der Waals surface area contributed by atoms with Gasteiger partial charge in [-0.2, -0.15) is 0 Å². The zero-order valence-electron chi connectivity index (χ0n) is 9.36. The average Bonchev–Trinajstić information content (AvgIpc) is 2.88. The predicted molar refractivity (Wildman–Crippen MR) is 69.1 cm³/mol. The minimum atomic E-state index is 0.246. The molecule has 0 amide bonds. The molecule has 0 spiro atoms. The van der Waals surface area contributed by atoms with Crippen molar-refractivity contribution in [1.29, 1.82) is 0 Å². The molecule has 1 fully saturated rings. The molecule has 0 unspecified atom stereocenters. The molecule has 90 valence electrons. The summed E-state index contributed by atoms with van der Waals surface area (Å²) in [4.78, 5) is 3.69. The zero-order valence-corrected chi connectivity index (χ0v) is 10.9. The Morgan fingerprint density at radius 1 is 1.38 bits per heavy atom. The number of rotatable bonds is 5. The molecule has 4 heteroatoms. The van der Waals surface area contributed by atoms with Crippen molar-refractivity contribution in [2.45, 2.75) is 38.3 Å². The molecule has 0 saturated heterocycles. The molecule has 0 aliphatic heterocycles. The van der Waals surface area contributed by atoms with E-state index in [2.05, 4.69) is 11.0 Å². The van der Waals surface area contributed by atoms with E-state index in [1.807, 2.05) is 6.07 Å². The maximum atomic E-state index is 9.12. The Balaban J connectivity index is 1.96. The maximum Gasteiger partial charge on any atom is 0.0931 e. The third kappa shape index (κ3) is 3.20. The highest BCUT2D eigenvalue weighted by Gasteiger charge is 2.22. The van der Waals surface area contributed by atoms with Gasteiger partial charge in [0.15, 0.2) is 0 Å². The third-order valence-electron chi connectivity index (χ3n) is 3.22. The lowest BCUT2D eigenvalue weighted by Gasteiger charge is -2.27. The van der Waals surface area contributed by atoms with Crippen molar-refractivity contribution >= 4 is 22.9 Å². The van der Waals surface area contributed by atoms with E-state index in [9.17, 15) is 0 Å². The van der Waals surface area contributed by atoms with Crippen LogP contribution in [0.1, 0.15) is 30.6 Å². The van der Waals surface area contributed by atoms with Crippen molar-refractivity contribution in [2.75, 3.05) is 13.2 Å². The summed E-state index contributed by atoms with van der Waals surface area (Å²) in [5, 5.41) is 9.12. The highest BCUT2D eigenvalue weighted by atomic mass is 35.5. The van der Waals surface area contributed by atoms with E-state index in [-0.39, 0.29) is 6.61 Å². The smallest absolute Gasteiger partial charge is 0.0931 e. The van der Waals surface area contributed by atoms with Gasteiger partial charge in [0.1, 0.15) is 0 Å².